The number of hydrogen-bond donors (Lipinski definition) is 0. The number of amides is 1. The topological polar surface area (TPSA) is 67.8 Å². The number of fused-ring (bicyclic) bond motifs is 4. The van der Waals surface area contributed by atoms with Crippen molar-refractivity contribution < 1.29 is 14.3 Å². The van der Waals surface area contributed by atoms with Crippen LogP contribution in [0.2, 0.25) is 0 Å². The van der Waals surface area contributed by atoms with Crippen LogP contribution in [0.3, 0.4) is 0 Å². The summed E-state index contributed by atoms with van der Waals surface area (Å²) in [6.07, 6.45) is 9.02. The molecule has 4 aliphatic rings. The van der Waals surface area contributed by atoms with Crippen molar-refractivity contribution in [2.24, 2.45) is 5.41 Å². The number of nitrogens with zero attached hydrogens (tertiary/aromatic N) is 4. The van der Waals surface area contributed by atoms with Gasteiger partial charge >= 0.3 is 6.09 Å². The quantitative estimate of drug-likeness (QED) is 0.508. The van der Waals surface area contributed by atoms with E-state index in [0.717, 1.165) is 62.2 Å². The first-order valence-electron chi connectivity index (χ1n) is 12.9. The molecular formula is C29H32N4O3. The summed E-state index contributed by atoms with van der Waals surface area (Å²) in [5, 5.41) is 0. The first-order valence-corrected chi connectivity index (χ1v) is 12.9. The number of ether oxygens (including phenoxy) is 2. The Bertz CT molecular complexity index is 1180. The normalized spacial score (nSPS) is 24.7. The third kappa shape index (κ3) is 4.67. The van der Waals surface area contributed by atoms with Gasteiger partial charge in [-0.2, -0.15) is 0 Å². The number of carbonyl (C=O) groups excluding carboxylic acids is 1. The Labute approximate surface area is 212 Å². The predicted molar refractivity (Wildman–Crippen MR) is 136 cm³/mol. The second kappa shape index (κ2) is 9.90. The Morgan fingerprint density at radius 3 is 2.42 bits per heavy atom. The summed E-state index contributed by atoms with van der Waals surface area (Å²) in [5.41, 5.74) is 4.59. The zero-order valence-corrected chi connectivity index (χ0v) is 20.5. The summed E-state index contributed by atoms with van der Waals surface area (Å²) in [6, 6.07) is 16.3. The summed E-state index contributed by atoms with van der Waals surface area (Å²) in [7, 11) is 0. The van der Waals surface area contributed by atoms with Crippen molar-refractivity contribution in [2.45, 2.75) is 38.3 Å². The van der Waals surface area contributed by atoms with Gasteiger partial charge in [0.15, 0.2) is 0 Å². The maximum atomic E-state index is 13.5. The zero-order chi connectivity index (χ0) is 24.4. The van der Waals surface area contributed by atoms with Gasteiger partial charge in [-0.1, -0.05) is 36.4 Å². The largest absolute Gasteiger partial charge is 0.489 e. The average Bonchev–Trinajstić information content (AvgIpc) is 2.96. The molecule has 3 fully saturated rings. The molecule has 5 heterocycles. The molecule has 1 aromatic heterocycles. The van der Waals surface area contributed by atoms with Crippen LogP contribution < -0.4 is 4.74 Å². The van der Waals surface area contributed by atoms with Crippen LogP contribution in [0.15, 0.2) is 67.3 Å². The van der Waals surface area contributed by atoms with Crippen LogP contribution in [0.5, 0.6) is 5.75 Å². The van der Waals surface area contributed by atoms with Crippen LogP contribution in [-0.4, -0.2) is 58.6 Å². The highest BCUT2D eigenvalue weighted by Gasteiger charge is 2.41. The van der Waals surface area contributed by atoms with Gasteiger partial charge < -0.3 is 14.4 Å². The van der Waals surface area contributed by atoms with E-state index in [1.165, 1.54) is 17.5 Å². The van der Waals surface area contributed by atoms with E-state index in [9.17, 15) is 4.79 Å². The van der Waals surface area contributed by atoms with Gasteiger partial charge in [0.05, 0.1) is 12.6 Å². The zero-order valence-electron chi connectivity index (χ0n) is 20.5. The third-order valence-corrected chi connectivity index (χ3v) is 8.11. The fraction of sp³-hybridized carbons (Fsp3) is 0.414. The van der Waals surface area contributed by atoms with Crippen LogP contribution in [0.4, 0.5) is 4.79 Å². The Morgan fingerprint density at radius 2 is 1.67 bits per heavy atom. The Balaban J connectivity index is 1.19. The lowest BCUT2D eigenvalue weighted by molar-refractivity contribution is -0.0300. The molecule has 7 nitrogen and oxygen atoms in total. The lowest BCUT2D eigenvalue weighted by Gasteiger charge is -2.48. The Morgan fingerprint density at radius 1 is 0.944 bits per heavy atom. The van der Waals surface area contributed by atoms with E-state index in [0.29, 0.717) is 19.8 Å². The number of piperidine rings is 3. The maximum Gasteiger partial charge on any atom is 0.410 e. The molecule has 186 valence electrons. The lowest BCUT2D eigenvalue weighted by atomic mass is 9.73. The van der Waals surface area contributed by atoms with Crippen molar-refractivity contribution in [3.8, 4) is 5.75 Å². The maximum absolute atomic E-state index is 13.5. The molecule has 0 spiro atoms. The monoisotopic (exact) mass is 484 g/mol. The van der Waals surface area contributed by atoms with Crippen LogP contribution in [0.25, 0.3) is 0 Å². The SMILES string of the molecule is O=C(OCC12CCN(CC1)CC2)N1CCc2ccccc2[C@@H]1c1ccc(OCc2cncnc2)cc1. The van der Waals surface area contributed by atoms with Crippen LogP contribution >= 0.6 is 0 Å². The molecular weight excluding hydrogens is 452 g/mol. The summed E-state index contributed by atoms with van der Waals surface area (Å²) in [4.78, 5) is 26.0. The molecule has 0 saturated carbocycles. The second-order valence-corrected chi connectivity index (χ2v) is 10.3. The first-order chi connectivity index (χ1) is 17.7. The summed E-state index contributed by atoms with van der Waals surface area (Å²) < 4.78 is 12.0. The third-order valence-electron chi connectivity index (χ3n) is 8.11. The molecule has 3 aromatic rings. The first kappa shape index (κ1) is 23.0. The average molecular weight is 485 g/mol. The van der Waals surface area contributed by atoms with Crippen LogP contribution in [-0.2, 0) is 17.8 Å². The molecule has 2 bridgehead atoms. The van der Waals surface area contributed by atoms with Gasteiger partial charge in [-0.25, -0.2) is 14.8 Å². The van der Waals surface area contributed by atoms with Gasteiger partial charge in [0, 0.05) is 29.9 Å². The van der Waals surface area contributed by atoms with Gasteiger partial charge in [-0.15, -0.1) is 0 Å². The fourth-order valence-electron chi connectivity index (χ4n) is 5.85. The van der Waals surface area contributed by atoms with E-state index in [1.54, 1.807) is 12.4 Å². The minimum Gasteiger partial charge on any atom is -0.489 e. The number of rotatable bonds is 6. The van der Waals surface area contributed by atoms with Gasteiger partial charge in [0.25, 0.3) is 0 Å². The standard InChI is InChI=1S/C29H32N4O3/c34-28(36-20-29-10-14-32(15-11-29)16-12-29)33-13-9-23-3-1-2-4-26(23)27(33)24-5-7-25(8-6-24)35-19-22-17-30-21-31-18-22/h1-8,17-18,21,27H,9-16,19-20H2/t27-/m0/s1. The number of hydrogen-bond acceptors (Lipinski definition) is 6. The molecule has 0 N–H and O–H groups in total. The summed E-state index contributed by atoms with van der Waals surface area (Å²) >= 11 is 0. The summed E-state index contributed by atoms with van der Waals surface area (Å²) in [6.45, 7) is 4.97. The number of carbonyl (C=O) groups is 1. The molecule has 0 radical (unpaired) electrons. The van der Waals surface area contributed by atoms with Gasteiger partial charge in [0.2, 0.25) is 0 Å². The van der Waals surface area contributed by atoms with E-state index in [2.05, 4.69) is 51.3 Å². The van der Waals surface area contributed by atoms with E-state index < -0.39 is 0 Å². The molecule has 4 aliphatic heterocycles. The van der Waals surface area contributed by atoms with E-state index in [1.807, 2.05) is 17.0 Å². The van der Waals surface area contributed by atoms with Gasteiger partial charge in [-0.3, -0.25) is 4.90 Å². The van der Waals surface area contributed by atoms with Gasteiger partial charge in [-0.05, 0) is 74.1 Å². The molecule has 0 unspecified atom stereocenters. The minimum absolute atomic E-state index is 0.163. The molecule has 3 saturated heterocycles. The van der Waals surface area contributed by atoms with Crippen molar-refractivity contribution >= 4 is 6.09 Å². The second-order valence-electron chi connectivity index (χ2n) is 10.3. The molecule has 36 heavy (non-hydrogen) atoms. The summed E-state index contributed by atoms with van der Waals surface area (Å²) in [5.74, 6) is 0.767. The van der Waals surface area contributed by atoms with E-state index in [-0.39, 0.29) is 17.6 Å². The predicted octanol–water partition coefficient (Wildman–Crippen LogP) is 4.63. The Hall–Kier alpha value is -3.45. The number of benzene rings is 2. The van der Waals surface area contributed by atoms with Gasteiger partial charge in [0.1, 0.15) is 18.7 Å². The number of aromatic nitrogens is 2. The molecule has 1 atom stereocenters. The molecule has 2 aromatic carbocycles. The smallest absolute Gasteiger partial charge is 0.410 e. The van der Waals surface area contributed by atoms with Crippen molar-refractivity contribution in [1.29, 1.82) is 0 Å². The molecule has 7 rings (SSSR count). The van der Waals surface area contributed by atoms with E-state index >= 15 is 0 Å². The molecule has 7 heteroatoms. The minimum atomic E-state index is -0.207. The highest BCUT2D eigenvalue weighted by Crippen LogP contribution is 2.41. The fourth-order valence-corrected chi connectivity index (χ4v) is 5.85. The van der Waals surface area contributed by atoms with E-state index in [4.69, 9.17) is 9.47 Å². The highest BCUT2D eigenvalue weighted by molar-refractivity contribution is 5.70. The Kier molecular flexibility index (Phi) is 6.32. The highest BCUT2D eigenvalue weighted by atomic mass is 16.6. The lowest BCUT2D eigenvalue weighted by Crippen LogP contribution is -2.51. The van der Waals surface area contributed by atoms with Crippen molar-refractivity contribution in [2.75, 3.05) is 32.8 Å². The van der Waals surface area contributed by atoms with Crippen molar-refractivity contribution in [3.63, 3.8) is 0 Å². The van der Waals surface area contributed by atoms with Crippen LogP contribution in [0.1, 0.15) is 47.6 Å². The molecule has 0 aliphatic carbocycles. The van der Waals surface area contributed by atoms with Crippen molar-refractivity contribution in [1.82, 2.24) is 19.8 Å². The molecule has 1 amide bonds. The van der Waals surface area contributed by atoms with Crippen LogP contribution in [0, 0.1) is 5.41 Å². The van der Waals surface area contributed by atoms with Crippen molar-refractivity contribution in [3.05, 3.63) is 89.5 Å².